The van der Waals surface area contributed by atoms with Crippen LogP contribution in [-0.2, 0) is 15.9 Å². The Morgan fingerprint density at radius 3 is 2.90 bits per heavy atom. The maximum Gasteiger partial charge on any atom is 0.339 e. The molecule has 0 aliphatic carbocycles. The van der Waals surface area contributed by atoms with Crippen molar-refractivity contribution < 1.29 is 14.3 Å². The van der Waals surface area contributed by atoms with Gasteiger partial charge < -0.3 is 9.47 Å². The number of fused-ring (bicyclic) bond motifs is 1. The third-order valence-electron chi connectivity index (χ3n) is 3.08. The number of hydrogen-bond donors (Lipinski definition) is 0. The van der Waals surface area contributed by atoms with E-state index in [-0.39, 0.29) is 11.3 Å². The molecule has 0 spiro atoms. The fourth-order valence-electron chi connectivity index (χ4n) is 2.10. The van der Waals surface area contributed by atoms with Crippen molar-refractivity contribution in [3.05, 3.63) is 46.0 Å². The Hall–Kier alpha value is -2.63. The molecule has 0 aliphatic rings. The van der Waals surface area contributed by atoms with Gasteiger partial charge in [-0.05, 0) is 17.5 Å². The zero-order valence-corrected chi connectivity index (χ0v) is 11.7. The summed E-state index contributed by atoms with van der Waals surface area (Å²) in [5, 5.41) is 4.25. The number of para-hydroxylation sites is 1. The van der Waals surface area contributed by atoms with E-state index < -0.39 is 5.97 Å². The summed E-state index contributed by atoms with van der Waals surface area (Å²) < 4.78 is 9.75. The van der Waals surface area contributed by atoms with Crippen molar-refractivity contribution in [2.45, 2.75) is 6.42 Å². The lowest BCUT2D eigenvalue weighted by atomic mass is 10.0. The van der Waals surface area contributed by atoms with E-state index in [9.17, 15) is 4.79 Å². The Labute approximate surface area is 121 Å². The SMILES string of the molecule is COCCc1cccc2c(N=[N+]=[N-])c(C(=O)OC)cnc12. The van der Waals surface area contributed by atoms with E-state index in [4.69, 9.17) is 10.3 Å². The maximum atomic E-state index is 11.7. The first-order valence-corrected chi connectivity index (χ1v) is 6.26. The summed E-state index contributed by atoms with van der Waals surface area (Å²) in [6, 6.07) is 5.51. The van der Waals surface area contributed by atoms with Gasteiger partial charge >= 0.3 is 5.97 Å². The van der Waals surface area contributed by atoms with Crippen molar-refractivity contribution in [2.75, 3.05) is 20.8 Å². The first-order chi connectivity index (χ1) is 10.2. The molecule has 0 aliphatic heterocycles. The summed E-state index contributed by atoms with van der Waals surface area (Å²) in [6.07, 6.45) is 2.04. The molecule has 0 atom stereocenters. The fourth-order valence-corrected chi connectivity index (χ4v) is 2.10. The molecule has 0 saturated carbocycles. The van der Waals surface area contributed by atoms with Gasteiger partial charge in [-0.1, -0.05) is 23.3 Å². The molecule has 21 heavy (non-hydrogen) atoms. The Kier molecular flexibility index (Phi) is 4.71. The number of carbonyl (C=O) groups is 1. The van der Waals surface area contributed by atoms with Crippen LogP contribution in [0.2, 0.25) is 0 Å². The van der Waals surface area contributed by atoms with Gasteiger partial charge in [0.05, 0.1) is 30.5 Å². The summed E-state index contributed by atoms with van der Waals surface area (Å²) >= 11 is 0. The molecule has 0 radical (unpaired) electrons. The van der Waals surface area contributed by atoms with Crippen molar-refractivity contribution in [1.82, 2.24) is 4.98 Å². The average molecular weight is 286 g/mol. The van der Waals surface area contributed by atoms with Crippen LogP contribution in [0.3, 0.4) is 0 Å². The van der Waals surface area contributed by atoms with E-state index in [1.165, 1.54) is 13.3 Å². The summed E-state index contributed by atoms with van der Waals surface area (Å²) in [5.74, 6) is -0.589. The van der Waals surface area contributed by atoms with E-state index in [2.05, 4.69) is 19.7 Å². The Bertz CT molecular complexity index is 723. The van der Waals surface area contributed by atoms with Gasteiger partial charge in [-0.15, -0.1) is 0 Å². The number of esters is 1. The minimum absolute atomic E-state index is 0.145. The van der Waals surface area contributed by atoms with Crippen LogP contribution in [-0.4, -0.2) is 31.8 Å². The monoisotopic (exact) mass is 286 g/mol. The van der Waals surface area contributed by atoms with Gasteiger partial charge in [0.25, 0.3) is 0 Å². The van der Waals surface area contributed by atoms with Gasteiger partial charge in [0.15, 0.2) is 0 Å². The maximum absolute atomic E-state index is 11.7. The lowest BCUT2D eigenvalue weighted by Gasteiger charge is -2.10. The summed E-state index contributed by atoms with van der Waals surface area (Å²) in [7, 11) is 2.89. The second-order valence-electron chi connectivity index (χ2n) is 4.26. The standard InChI is InChI=1S/C14H14N4O3/c1-20-7-6-9-4-3-5-10-12(9)16-8-11(14(19)21-2)13(10)17-18-15/h3-5,8H,6-7H2,1-2H3. The second kappa shape index (κ2) is 6.69. The van der Waals surface area contributed by atoms with Crippen molar-refractivity contribution in [3.8, 4) is 0 Å². The third kappa shape index (κ3) is 2.94. The number of aromatic nitrogens is 1. The van der Waals surface area contributed by atoms with Crippen LogP contribution >= 0.6 is 0 Å². The number of nitrogens with zero attached hydrogens (tertiary/aromatic N) is 4. The number of ether oxygens (including phenoxy) is 2. The third-order valence-corrected chi connectivity index (χ3v) is 3.08. The predicted octanol–water partition coefficient (Wildman–Crippen LogP) is 3.15. The molecule has 2 rings (SSSR count). The van der Waals surface area contributed by atoms with Gasteiger partial charge in [-0.2, -0.15) is 0 Å². The van der Waals surface area contributed by atoms with Crippen LogP contribution in [0.15, 0.2) is 29.5 Å². The predicted molar refractivity (Wildman–Crippen MR) is 77.5 cm³/mol. The van der Waals surface area contributed by atoms with Crippen molar-refractivity contribution >= 4 is 22.6 Å². The molecule has 1 heterocycles. The molecule has 0 unspecified atom stereocenters. The summed E-state index contributed by atoms with van der Waals surface area (Å²) in [5.41, 5.74) is 10.8. The van der Waals surface area contributed by atoms with Crippen LogP contribution in [0, 0.1) is 0 Å². The van der Waals surface area contributed by atoms with E-state index in [1.54, 1.807) is 13.2 Å². The van der Waals surface area contributed by atoms with Crippen LogP contribution in [0.4, 0.5) is 5.69 Å². The van der Waals surface area contributed by atoms with Gasteiger partial charge in [0, 0.05) is 23.6 Å². The van der Waals surface area contributed by atoms with E-state index in [0.29, 0.717) is 23.9 Å². The molecule has 1 aromatic carbocycles. The van der Waals surface area contributed by atoms with Gasteiger partial charge in [-0.25, -0.2) is 4.79 Å². The minimum Gasteiger partial charge on any atom is -0.465 e. The van der Waals surface area contributed by atoms with Gasteiger partial charge in [0.1, 0.15) is 0 Å². The zero-order chi connectivity index (χ0) is 15.2. The molecular formula is C14H14N4O3. The normalized spacial score (nSPS) is 10.2. The number of azide groups is 1. The molecule has 2 aromatic rings. The largest absolute Gasteiger partial charge is 0.465 e. The molecular weight excluding hydrogens is 272 g/mol. The topological polar surface area (TPSA) is 97.2 Å². The molecule has 0 bridgehead atoms. The lowest BCUT2D eigenvalue weighted by molar-refractivity contribution is 0.0601. The Morgan fingerprint density at radius 1 is 1.43 bits per heavy atom. The van der Waals surface area contributed by atoms with Crippen molar-refractivity contribution in [3.63, 3.8) is 0 Å². The Balaban J connectivity index is 2.69. The number of rotatable bonds is 5. The van der Waals surface area contributed by atoms with Gasteiger partial charge in [-0.3, -0.25) is 4.98 Å². The number of hydrogen-bond acceptors (Lipinski definition) is 5. The van der Waals surface area contributed by atoms with Gasteiger partial charge in [0.2, 0.25) is 0 Å². The second-order valence-corrected chi connectivity index (χ2v) is 4.26. The molecule has 7 heteroatoms. The quantitative estimate of drug-likeness (QED) is 0.365. The smallest absolute Gasteiger partial charge is 0.339 e. The molecule has 1 aromatic heterocycles. The van der Waals surface area contributed by atoms with E-state index in [0.717, 1.165) is 5.56 Å². The number of methoxy groups -OCH3 is 2. The molecule has 0 saturated heterocycles. The highest BCUT2D eigenvalue weighted by molar-refractivity contribution is 6.04. The first kappa shape index (κ1) is 14.8. The average Bonchev–Trinajstić information content (AvgIpc) is 2.52. The van der Waals surface area contributed by atoms with Crippen molar-refractivity contribution in [2.24, 2.45) is 5.11 Å². The Morgan fingerprint density at radius 2 is 2.24 bits per heavy atom. The van der Waals surface area contributed by atoms with Crippen LogP contribution < -0.4 is 0 Å². The van der Waals surface area contributed by atoms with E-state index >= 15 is 0 Å². The number of benzene rings is 1. The first-order valence-electron chi connectivity index (χ1n) is 6.26. The molecule has 0 amide bonds. The minimum atomic E-state index is -0.589. The molecule has 0 fully saturated rings. The lowest BCUT2D eigenvalue weighted by Crippen LogP contribution is -2.04. The highest BCUT2D eigenvalue weighted by Gasteiger charge is 2.16. The van der Waals surface area contributed by atoms with Crippen LogP contribution in [0.5, 0.6) is 0 Å². The zero-order valence-electron chi connectivity index (χ0n) is 11.7. The fraction of sp³-hybridized carbons (Fsp3) is 0.286. The number of carbonyl (C=O) groups excluding carboxylic acids is 1. The highest BCUT2D eigenvalue weighted by atomic mass is 16.5. The molecule has 0 N–H and O–H groups in total. The van der Waals surface area contributed by atoms with Crippen LogP contribution in [0.1, 0.15) is 15.9 Å². The van der Waals surface area contributed by atoms with Crippen LogP contribution in [0.25, 0.3) is 21.3 Å². The summed E-state index contributed by atoms with van der Waals surface area (Å²) in [6.45, 7) is 0.552. The summed E-state index contributed by atoms with van der Waals surface area (Å²) in [4.78, 5) is 18.8. The molecule has 7 nitrogen and oxygen atoms in total. The van der Waals surface area contributed by atoms with E-state index in [1.807, 2.05) is 12.1 Å². The van der Waals surface area contributed by atoms with Crippen molar-refractivity contribution in [1.29, 1.82) is 0 Å². The highest BCUT2D eigenvalue weighted by Crippen LogP contribution is 2.31. The molecule has 108 valence electrons. The number of pyridine rings is 1.